The molecule has 2 saturated heterocycles. The van der Waals surface area contributed by atoms with Crippen LogP contribution >= 0.6 is 0 Å². The van der Waals surface area contributed by atoms with Crippen molar-refractivity contribution in [3.05, 3.63) is 35.3 Å². The number of aryl methyl sites for hydroxylation is 1. The van der Waals surface area contributed by atoms with Crippen molar-refractivity contribution in [2.24, 2.45) is 5.92 Å². The molecule has 2 aliphatic heterocycles. The Balaban J connectivity index is 1.43. The predicted octanol–water partition coefficient (Wildman–Crippen LogP) is 3.19. The molecule has 0 saturated carbocycles. The summed E-state index contributed by atoms with van der Waals surface area (Å²) in [6.07, 6.45) is 2.02. The average Bonchev–Trinajstić information content (AvgIpc) is 3.06. The van der Waals surface area contributed by atoms with E-state index in [-0.39, 0.29) is 11.7 Å². The van der Waals surface area contributed by atoms with Gasteiger partial charge in [0.15, 0.2) is 0 Å². The zero-order chi connectivity index (χ0) is 19.0. The van der Waals surface area contributed by atoms with Gasteiger partial charge in [-0.15, -0.1) is 0 Å². The number of carbonyl (C=O) groups excluding carboxylic acids is 1. The van der Waals surface area contributed by atoms with E-state index in [0.29, 0.717) is 23.2 Å². The fourth-order valence-corrected chi connectivity index (χ4v) is 4.56. The Bertz CT molecular complexity index is 820. The van der Waals surface area contributed by atoms with Gasteiger partial charge in [-0.3, -0.25) is 9.69 Å². The monoisotopic (exact) mass is 373 g/mol. The summed E-state index contributed by atoms with van der Waals surface area (Å²) in [7, 11) is 0. The molecule has 1 unspecified atom stereocenters. The van der Waals surface area contributed by atoms with Gasteiger partial charge in [0.05, 0.1) is 18.7 Å². The molecule has 0 radical (unpaired) electrons. The second-order valence-electron chi connectivity index (χ2n) is 7.81. The maximum Gasteiger partial charge on any atom is 0.270 e. The van der Waals surface area contributed by atoms with Gasteiger partial charge in [-0.05, 0) is 44.2 Å². The van der Waals surface area contributed by atoms with Crippen molar-refractivity contribution < 1.29 is 13.9 Å². The number of morpholine rings is 1. The number of H-pyrrole nitrogens is 1. The van der Waals surface area contributed by atoms with Crippen LogP contribution in [0.15, 0.2) is 18.2 Å². The Morgan fingerprint density at radius 3 is 2.59 bits per heavy atom. The number of carbonyl (C=O) groups is 1. The number of ether oxygens (including phenoxy) is 1. The quantitative estimate of drug-likeness (QED) is 0.899. The molecule has 1 atom stereocenters. The summed E-state index contributed by atoms with van der Waals surface area (Å²) < 4.78 is 19.5. The Morgan fingerprint density at radius 1 is 1.22 bits per heavy atom. The van der Waals surface area contributed by atoms with E-state index in [0.717, 1.165) is 63.2 Å². The number of benzene rings is 1. The maximum absolute atomic E-state index is 14.0. The largest absolute Gasteiger partial charge is 0.379 e. The minimum Gasteiger partial charge on any atom is -0.379 e. The Morgan fingerprint density at radius 2 is 1.93 bits per heavy atom. The van der Waals surface area contributed by atoms with Gasteiger partial charge < -0.3 is 14.6 Å². The second kappa shape index (κ2) is 7.60. The molecule has 27 heavy (non-hydrogen) atoms. The molecule has 2 fully saturated rings. The van der Waals surface area contributed by atoms with Crippen molar-refractivity contribution in [2.45, 2.75) is 32.7 Å². The average molecular weight is 373 g/mol. The van der Waals surface area contributed by atoms with Crippen molar-refractivity contribution in [1.82, 2.24) is 14.8 Å². The van der Waals surface area contributed by atoms with Gasteiger partial charge >= 0.3 is 0 Å². The van der Waals surface area contributed by atoms with Crippen LogP contribution in [0.5, 0.6) is 0 Å². The summed E-state index contributed by atoms with van der Waals surface area (Å²) in [5.74, 6) is 0.279. The molecule has 5 nitrogen and oxygen atoms in total. The summed E-state index contributed by atoms with van der Waals surface area (Å²) in [6, 6.07) is 5.49. The molecule has 1 amide bonds. The van der Waals surface area contributed by atoms with Gasteiger partial charge in [-0.1, -0.05) is 12.1 Å². The van der Waals surface area contributed by atoms with E-state index in [4.69, 9.17) is 4.74 Å². The number of para-hydroxylation sites is 1. The molecule has 2 aliphatic rings. The lowest BCUT2D eigenvalue weighted by Crippen LogP contribution is -2.49. The minimum absolute atomic E-state index is 0.0134. The lowest BCUT2D eigenvalue weighted by Gasteiger charge is -2.41. The molecule has 1 aromatic heterocycles. The zero-order valence-corrected chi connectivity index (χ0v) is 16.1. The van der Waals surface area contributed by atoms with Crippen LogP contribution in [0.25, 0.3) is 10.9 Å². The molecule has 1 N–H and O–H groups in total. The normalized spacial score (nSPS) is 20.9. The highest BCUT2D eigenvalue weighted by Gasteiger charge is 2.31. The number of fused-ring (bicyclic) bond motifs is 1. The molecule has 3 heterocycles. The third-order valence-corrected chi connectivity index (χ3v) is 6.39. The van der Waals surface area contributed by atoms with Crippen LogP contribution in [0.3, 0.4) is 0 Å². The van der Waals surface area contributed by atoms with E-state index in [1.165, 1.54) is 6.07 Å². The Kier molecular flexibility index (Phi) is 5.19. The molecule has 4 rings (SSSR count). The molecular formula is C21H28FN3O2. The summed E-state index contributed by atoms with van der Waals surface area (Å²) in [5.41, 5.74) is 1.78. The maximum atomic E-state index is 14.0. The lowest BCUT2D eigenvalue weighted by molar-refractivity contribution is -0.000985. The van der Waals surface area contributed by atoms with Crippen molar-refractivity contribution in [1.29, 1.82) is 0 Å². The molecule has 1 aromatic carbocycles. The topological polar surface area (TPSA) is 48.6 Å². The number of hydrogen-bond acceptors (Lipinski definition) is 3. The van der Waals surface area contributed by atoms with Gasteiger partial charge in [-0.2, -0.15) is 0 Å². The minimum atomic E-state index is -0.312. The Labute approximate surface area is 159 Å². The van der Waals surface area contributed by atoms with Crippen LogP contribution in [0.2, 0.25) is 0 Å². The van der Waals surface area contributed by atoms with Gasteiger partial charge in [0.1, 0.15) is 11.5 Å². The van der Waals surface area contributed by atoms with Gasteiger partial charge in [-0.25, -0.2) is 4.39 Å². The fourth-order valence-electron chi connectivity index (χ4n) is 4.56. The molecule has 0 bridgehead atoms. The Hall–Kier alpha value is -1.92. The van der Waals surface area contributed by atoms with E-state index < -0.39 is 0 Å². The number of amides is 1. The molecule has 0 spiro atoms. The van der Waals surface area contributed by atoms with Crippen LogP contribution in [0, 0.1) is 18.7 Å². The first-order chi connectivity index (χ1) is 13.1. The highest BCUT2D eigenvalue weighted by Crippen LogP contribution is 2.28. The molecule has 0 aliphatic carbocycles. The third kappa shape index (κ3) is 3.48. The van der Waals surface area contributed by atoms with E-state index in [9.17, 15) is 9.18 Å². The number of aromatic amines is 1. The van der Waals surface area contributed by atoms with Crippen molar-refractivity contribution in [3.63, 3.8) is 0 Å². The summed E-state index contributed by atoms with van der Waals surface area (Å²) >= 11 is 0. The number of nitrogens with zero attached hydrogens (tertiary/aromatic N) is 2. The number of aromatic nitrogens is 1. The number of halogens is 1. The second-order valence-corrected chi connectivity index (χ2v) is 7.81. The van der Waals surface area contributed by atoms with E-state index in [2.05, 4.69) is 16.8 Å². The predicted molar refractivity (Wildman–Crippen MR) is 103 cm³/mol. The van der Waals surface area contributed by atoms with Crippen LogP contribution < -0.4 is 0 Å². The number of hydrogen-bond donors (Lipinski definition) is 1. The number of rotatable bonds is 3. The lowest BCUT2D eigenvalue weighted by atomic mass is 9.89. The van der Waals surface area contributed by atoms with Crippen molar-refractivity contribution in [2.75, 3.05) is 39.4 Å². The number of likely N-dealkylation sites (tertiary alicyclic amines) is 1. The van der Waals surface area contributed by atoms with Gasteiger partial charge in [0.25, 0.3) is 5.91 Å². The third-order valence-electron chi connectivity index (χ3n) is 6.39. The fraction of sp³-hybridized carbons (Fsp3) is 0.571. The molecule has 2 aromatic rings. The highest BCUT2D eigenvalue weighted by molar-refractivity contribution is 6.01. The first-order valence-electron chi connectivity index (χ1n) is 9.94. The van der Waals surface area contributed by atoms with E-state index >= 15 is 0 Å². The van der Waals surface area contributed by atoms with Crippen LogP contribution in [-0.2, 0) is 4.74 Å². The zero-order valence-electron chi connectivity index (χ0n) is 16.1. The van der Waals surface area contributed by atoms with Crippen molar-refractivity contribution in [3.8, 4) is 0 Å². The van der Waals surface area contributed by atoms with E-state index in [1.807, 2.05) is 17.9 Å². The van der Waals surface area contributed by atoms with Gasteiger partial charge in [0.2, 0.25) is 0 Å². The van der Waals surface area contributed by atoms with Crippen molar-refractivity contribution >= 4 is 16.8 Å². The SMILES string of the molecule is Cc1c(C(=O)N2CCC(C(C)N3CCOCC3)CC2)[nH]c2c(F)cccc12. The summed E-state index contributed by atoms with van der Waals surface area (Å²) in [6.45, 7) is 9.35. The standard InChI is InChI=1S/C21H28FN3O2/c1-14-17-4-3-5-18(22)20(17)23-19(14)21(26)25-8-6-16(7-9-25)15(2)24-10-12-27-13-11-24/h3-5,15-16,23H,6-13H2,1-2H3. The van der Waals surface area contributed by atoms with Crippen LogP contribution in [0.4, 0.5) is 4.39 Å². The number of nitrogens with one attached hydrogen (secondary N) is 1. The van der Waals surface area contributed by atoms with Crippen LogP contribution in [-0.4, -0.2) is 66.1 Å². The number of piperidine rings is 1. The first kappa shape index (κ1) is 18.4. The first-order valence-corrected chi connectivity index (χ1v) is 9.94. The summed E-state index contributed by atoms with van der Waals surface area (Å²) in [5, 5.41) is 0.786. The van der Waals surface area contributed by atoms with Gasteiger partial charge in [0, 0.05) is 37.6 Å². The highest BCUT2D eigenvalue weighted by atomic mass is 19.1. The molecule has 146 valence electrons. The van der Waals surface area contributed by atoms with E-state index in [1.54, 1.807) is 6.07 Å². The molecule has 6 heteroatoms. The van der Waals surface area contributed by atoms with Crippen LogP contribution in [0.1, 0.15) is 35.8 Å². The summed E-state index contributed by atoms with van der Waals surface area (Å²) in [4.78, 5) is 20.5. The molecular weight excluding hydrogens is 345 g/mol. The smallest absolute Gasteiger partial charge is 0.270 e.